The summed E-state index contributed by atoms with van der Waals surface area (Å²) in [5.41, 5.74) is 1.90. The van der Waals surface area contributed by atoms with Crippen molar-refractivity contribution in [2.45, 2.75) is 10.8 Å². The van der Waals surface area contributed by atoms with Gasteiger partial charge in [0.05, 0.1) is 25.7 Å². The minimum Gasteiger partial charge on any atom is -0.493 e. The molecule has 10 heteroatoms. The van der Waals surface area contributed by atoms with Gasteiger partial charge < -0.3 is 14.8 Å². The summed E-state index contributed by atoms with van der Waals surface area (Å²) in [7, 11) is 3.20. The van der Waals surface area contributed by atoms with Crippen LogP contribution in [0.5, 0.6) is 11.5 Å². The van der Waals surface area contributed by atoms with Crippen LogP contribution in [0.2, 0.25) is 5.02 Å². The Morgan fingerprint density at radius 1 is 1.20 bits per heavy atom. The number of ether oxygens (including phenoxy) is 2. The third-order valence-electron chi connectivity index (χ3n) is 4.11. The molecule has 1 heterocycles. The molecule has 3 aromatic rings. The highest BCUT2D eigenvalue weighted by Gasteiger charge is 2.10. The molecule has 0 unspecified atom stereocenters. The predicted molar refractivity (Wildman–Crippen MR) is 124 cm³/mol. The fraction of sp³-hybridized carbons (Fsp3) is 0.250. The second-order valence-electron chi connectivity index (χ2n) is 6.10. The van der Waals surface area contributed by atoms with E-state index in [4.69, 9.17) is 33.3 Å². The number of hydrogen-bond acceptors (Lipinski definition) is 7. The van der Waals surface area contributed by atoms with Gasteiger partial charge >= 0.3 is 0 Å². The van der Waals surface area contributed by atoms with Gasteiger partial charge in [0, 0.05) is 11.6 Å². The van der Waals surface area contributed by atoms with Crippen LogP contribution in [0.25, 0.3) is 5.69 Å². The zero-order valence-corrected chi connectivity index (χ0v) is 19.6. The molecule has 0 aliphatic carbocycles. The summed E-state index contributed by atoms with van der Waals surface area (Å²) >= 11 is 14.0. The zero-order valence-electron chi connectivity index (χ0n) is 16.4. The topological polar surface area (TPSA) is 65.4 Å². The van der Waals surface area contributed by atoms with E-state index in [2.05, 4.69) is 10.4 Å². The third kappa shape index (κ3) is 5.98. The largest absolute Gasteiger partial charge is 0.493 e. The van der Waals surface area contributed by atoms with Crippen LogP contribution < -0.4 is 14.8 Å². The summed E-state index contributed by atoms with van der Waals surface area (Å²) in [6.45, 7) is 0.532. The number of benzene rings is 2. The molecule has 0 fully saturated rings. The number of amides is 1. The van der Waals surface area contributed by atoms with Crippen molar-refractivity contribution < 1.29 is 14.3 Å². The predicted octanol–water partition coefficient (Wildman–Crippen LogP) is 4.78. The van der Waals surface area contributed by atoms with Crippen molar-refractivity contribution in [3.05, 3.63) is 57.0 Å². The van der Waals surface area contributed by atoms with Crippen molar-refractivity contribution in [1.29, 1.82) is 0 Å². The number of carbonyl (C=O) groups is 1. The summed E-state index contributed by atoms with van der Waals surface area (Å²) in [5.74, 6) is 1.57. The first-order valence-corrected chi connectivity index (χ1v) is 11.6. The van der Waals surface area contributed by atoms with Crippen LogP contribution >= 0.6 is 46.9 Å². The Hall–Kier alpha value is -2.07. The molecular weight excluding hydrogens is 462 g/mol. The van der Waals surface area contributed by atoms with Gasteiger partial charge in [-0.3, -0.25) is 4.79 Å². The smallest absolute Gasteiger partial charge is 0.230 e. The lowest BCUT2D eigenvalue weighted by molar-refractivity contribution is -0.118. The van der Waals surface area contributed by atoms with E-state index in [9.17, 15) is 4.79 Å². The molecule has 0 atom stereocenters. The van der Waals surface area contributed by atoms with Crippen molar-refractivity contribution >= 4 is 52.8 Å². The molecule has 158 valence electrons. The number of halogens is 1. The first-order valence-electron chi connectivity index (χ1n) is 8.96. The Morgan fingerprint density at radius 2 is 1.93 bits per heavy atom. The number of hydrogen-bond donors (Lipinski definition) is 1. The molecule has 0 aliphatic rings. The fourth-order valence-electron chi connectivity index (χ4n) is 2.63. The van der Waals surface area contributed by atoms with E-state index in [-0.39, 0.29) is 11.7 Å². The normalized spacial score (nSPS) is 10.6. The lowest BCUT2D eigenvalue weighted by Gasteiger charge is -2.10. The summed E-state index contributed by atoms with van der Waals surface area (Å²) in [6, 6.07) is 13.0. The van der Waals surface area contributed by atoms with Crippen LogP contribution in [0.15, 0.2) is 46.8 Å². The lowest BCUT2D eigenvalue weighted by Crippen LogP contribution is -2.27. The summed E-state index contributed by atoms with van der Waals surface area (Å²) in [5, 5.41) is 8.07. The Bertz CT molecular complexity index is 1070. The Kier molecular flexibility index (Phi) is 8.15. The number of nitrogens with one attached hydrogen (secondary N) is 1. The second kappa shape index (κ2) is 10.8. The molecule has 1 aromatic heterocycles. The van der Waals surface area contributed by atoms with Gasteiger partial charge in [-0.25, -0.2) is 4.68 Å². The number of carbonyl (C=O) groups excluding carboxylic acids is 1. The SMILES string of the molecule is COc1ccc(CCNC(=O)CSc2nn(-c3ccc(Cl)cc3)c(=S)s2)cc1OC. The zero-order chi connectivity index (χ0) is 21.5. The minimum absolute atomic E-state index is 0.0559. The second-order valence-corrected chi connectivity index (χ2v) is 9.38. The molecule has 6 nitrogen and oxygen atoms in total. The molecule has 0 aliphatic heterocycles. The van der Waals surface area contributed by atoms with Crippen molar-refractivity contribution in [3.63, 3.8) is 0 Å². The molecule has 0 radical (unpaired) electrons. The molecule has 0 bridgehead atoms. The van der Waals surface area contributed by atoms with Gasteiger partial charge in [-0.2, -0.15) is 0 Å². The third-order valence-corrected chi connectivity index (χ3v) is 6.73. The van der Waals surface area contributed by atoms with E-state index >= 15 is 0 Å². The highest BCUT2D eigenvalue weighted by atomic mass is 35.5. The van der Waals surface area contributed by atoms with Crippen LogP contribution in [-0.4, -0.2) is 42.2 Å². The Balaban J connectivity index is 1.49. The number of thioether (sulfide) groups is 1. The number of rotatable bonds is 9. The number of methoxy groups -OCH3 is 2. The Morgan fingerprint density at radius 3 is 2.63 bits per heavy atom. The Labute approximate surface area is 193 Å². The van der Waals surface area contributed by atoms with Crippen LogP contribution in [-0.2, 0) is 11.2 Å². The summed E-state index contributed by atoms with van der Waals surface area (Å²) < 4.78 is 13.6. The highest BCUT2D eigenvalue weighted by Crippen LogP contribution is 2.27. The minimum atomic E-state index is -0.0559. The van der Waals surface area contributed by atoms with Gasteiger partial charge in [0.25, 0.3) is 0 Å². The van der Waals surface area contributed by atoms with Crippen LogP contribution in [0, 0.1) is 3.95 Å². The molecule has 0 saturated carbocycles. The van der Waals surface area contributed by atoms with Crippen molar-refractivity contribution in [2.75, 3.05) is 26.5 Å². The van der Waals surface area contributed by atoms with Gasteiger partial charge in [0.15, 0.2) is 19.8 Å². The maximum Gasteiger partial charge on any atom is 0.230 e. The van der Waals surface area contributed by atoms with E-state index in [1.807, 2.05) is 30.3 Å². The quantitative estimate of drug-likeness (QED) is 0.350. The fourth-order valence-corrected chi connectivity index (χ4v) is 4.94. The molecule has 0 saturated heterocycles. The molecule has 2 aromatic carbocycles. The van der Waals surface area contributed by atoms with E-state index in [1.54, 1.807) is 31.0 Å². The van der Waals surface area contributed by atoms with Crippen LogP contribution in [0.4, 0.5) is 0 Å². The standard InChI is InChI=1S/C20H20ClN3O3S3/c1-26-16-8-3-13(11-17(16)27-2)9-10-22-18(25)12-29-19-23-24(20(28)30-19)15-6-4-14(21)5-7-15/h3-8,11H,9-10,12H2,1-2H3,(H,22,25). The van der Waals surface area contributed by atoms with E-state index < -0.39 is 0 Å². The van der Waals surface area contributed by atoms with E-state index in [1.165, 1.54) is 23.1 Å². The molecule has 30 heavy (non-hydrogen) atoms. The molecular formula is C20H20ClN3O3S3. The number of nitrogens with zero attached hydrogens (tertiary/aromatic N) is 2. The van der Waals surface area contributed by atoms with Gasteiger partial charge in [-0.05, 0) is 60.6 Å². The molecule has 3 rings (SSSR count). The van der Waals surface area contributed by atoms with Crippen molar-refractivity contribution in [2.24, 2.45) is 0 Å². The first-order chi connectivity index (χ1) is 14.5. The van der Waals surface area contributed by atoms with E-state index in [0.29, 0.717) is 33.4 Å². The molecule has 1 N–H and O–H groups in total. The summed E-state index contributed by atoms with van der Waals surface area (Å²) in [6.07, 6.45) is 0.695. The molecule has 0 spiro atoms. The van der Waals surface area contributed by atoms with E-state index in [0.717, 1.165) is 15.6 Å². The lowest BCUT2D eigenvalue weighted by atomic mass is 10.1. The monoisotopic (exact) mass is 481 g/mol. The maximum absolute atomic E-state index is 12.2. The van der Waals surface area contributed by atoms with Crippen LogP contribution in [0.1, 0.15) is 5.56 Å². The summed E-state index contributed by atoms with van der Waals surface area (Å²) in [4.78, 5) is 12.2. The van der Waals surface area contributed by atoms with Gasteiger partial charge in [-0.1, -0.05) is 40.8 Å². The van der Waals surface area contributed by atoms with Gasteiger partial charge in [0.2, 0.25) is 5.91 Å². The average Bonchev–Trinajstić information content (AvgIpc) is 3.13. The van der Waals surface area contributed by atoms with Crippen molar-refractivity contribution in [3.8, 4) is 17.2 Å². The first kappa shape index (κ1) is 22.6. The van der Waals surface area contributed by atoms with Crippen LogP contribution in [0.3, 0.4) is 0 Å². The average molecular weight is 482 g/mol. The highest BCUT2D eigenvalue weighted by molar-refractivity contribution is 8.01. The maximum atomic E-state index is 12.2. The van der Waals surface area contributed by atoms with Gasteiger partial charge in [0.1, 0.15) is 0 Å². The van der Waals surface area contributed by atoms with Crippen molar-refractivity contribution in [1.82, 2.24) is 15.1 Å². The molecule has 1 amide bonds. The number of aromatic nitrogens is 2. The van der Waals surface area contributed by atoms with Gasteiger partial charge in [-0.15, -0.1) is 5.10 Å².